The molecule has 3 heteroatoms. The zero-order chi connectivity index (χ0) is 7.40. The fourth-order valence-corrected chi connectivity index (χ4v) is 2.14. The maximum Gasteiger partial charge on any atom is 0.101 e. The molecule has 0 saturated heterocycles. The van der Waals surface area contributed by atoms with Crippen molar-refractivity contribution >= 4 is 24.7 Å². The number of hydrogen-bond acceptors (Lipinski definition) is 2. The number of halogens is 1. The van der Waals surface area contributed by atoms with Crippen molar-refractivity contribution < 1.29 is 0 Å². The Morgan fingerprint density at radius 1 is 1.20 bits per heavy atom. The summed E-state index contributed by atoms with van der Waals surface area (Å²) in [6.07, 6.45) is 1.73. The molecule has 0 fully saturated rings. The minimum atomic E-state index is -0.102. The van der Waals surface area contributed by atoms with Gasteiger partial charge in [0.05, 0.1) is 11.1 Å². The average molecular weight is 242 g/mol. The van der Waals surface area contributed by atoms with Crippen LogP contribution >= 0.6 is 20.7 Å². The summed E-state index contributed by atoms with van der Waals surface area (Å²) in [5, 5.41) is 17.0. The summed E-state index contributed by atoms with van der Waals surface area (Å²) in [7, 11) is 0. The van der Waals surface area contributed by atoms with Crippen molar-refractivity contribution in [1.29, 1.82) is 10.5 Å². The molecule has 10 heavy (non-hydrogen) atoms. The van der Waals surface area contributed by atoms with Gasteiger partial charge in [0.1, 0.15) is 12.1 Å². The smallest absolute Gasteiger partial charge is 0.101 e. The largest absolute Gasteiger partial charge is 0.192 e. The first-order valence-electron chi connectivity index (χ1n) is 2.54. The molecule has 0 atom stereocenters. The first-order valence-corrected chi connectivity index (χ1v) is 5.04. The van der Waals surface area contributed by atoms with Crippen LogP contribution in [0.1, 0.15) is 0 Å². The van der Waals surface area contributed by atoms with Crippen LogP contribution in [0.15, 0.2) is 21.3 Å². The normalized spacial score (nSPS) is 15.4. The van der Waals surface area contributed by atoms with Gasteiger partial charge >= 0.3 is 0 Å². The molecule has 0 aromatic heterocycles. The number of hydrogen-bond donors (Lipinski definition) is 0. The quantitative estimate of drug-likeness (QED) is 0.606. The molecule has 0 unspecified atom stereocenters. The summed E-state index contributed by atoms with van der Waals surface area (Å²) in [6, 6.07) is 3.94. The Hall–Kier alpha value is -0.940. The van der Waals surface area contributed by atoms with Crippen LogP contribution in [0.3, 0.4) is 0 Å². The zero-order valence-electron chi connectivity index (χ0n) is 5.00. The molecule has 0 bridgehead atoms. The first kappa shape index (κ1) is 7.17. The van der Waals surface area contributed by atoms with Crippen LogP contribution in [0, 0.1) is 22.7 Å². The molecular weight excluding hydrogens is 239 g/mol. The second-order valence-corrected chi connectivity index (χ2v) is 3.64. The highest BCUT2D eigenvalue weighted by Crippen LogP contribution is 2.14. The van der Waals surface area contributed by atoms with E-state index in [2.05, 4.69) is 0 Å². The Kier molecular flexibility index (Phi) is 2.35. The van der Waals surface area contributed by atoms with E-state index in [9.17, 15) is 0 Å². The van der Waals surface area contributed by atoms with Crippen molar-refractivity contribution in [2.75, 3.05) is 0 Å². The molecule has 1 rings (SSSR count). The van der Waals surface area contributed by atoms with Crippen LogP contribution in [0.2, 0.25) is 0 Å². The fraction of sp³-hybridized carbons (Fsp3) is 0. The summed E-state index contributed by atoms with van der Waals surface area (Å²) in [5.41, 5.74) is 1.03. The van der Waals surface area contributed by atoms with Crippen LogP contribution < -0.4 is 0 Å². The summed E-state index contributed by atoms with van der Waals surface area (Å²) >= 11 is -0.102. The SMILES string of the molecule is N#CC1=C(C#N)C=IC=C1. The topological polar surface area (TPSA) is 47.6 Å². The van der Waals surface area contributed by atoms with Crippen molar-refractivity contribution in [3.63, 3.8) is 0 Å². The highest BCUT2D eigenvalue weighted by atomic mass is 127. The van der Waals surface area contributed by atoms with E-state index in [0.717, 1.165) is 0 Å². The van der Waals surface area contributed by atoms with Gasteiger partial charge in [-0.1, -0.05) is 20.7 Å². The zero-order valence-corrected chi connectivity index (χ0v) is 7.16. The van der Waals surface area contributed by atoms with E-state index in [0.29, 0.717) is 11.1 Å². The Balaban J connectivity index is 3.17. The lowest BCUT2D eigenvalue weighted by Gasteiger charge is -1.93. The van der Waals surface area contributed by atoms with Gasteiger partial charge < -0.3 is 0 Å². The molecule has 2 nitrogen and oxygen atoms in total. The average Bonchev–Trinajstić information content (AvgIpc) is 2.04. The second kappa shape index (κ2) is 3.28. The summed E-state index contributed by atoms with van der Waals surface area (Å²) in [4.78, 5) is 0. The second-order valence-electron chi connectivity index (χ2n) is 1.58. The van der Waals surface area contributed by atoms with Crippen LogP contribution in [0.5, 0.6) is 0 Å². The first-order chi connectivity index (χ1) is 4.88. The van der Waals surface area contributed by atoms with Crippen LogP contribution in [-0.4, -0.2) is 4.01 Å². The van der Waals surface area contributed by atoms with Crippen LogP contribution in [0.4, 0.5) is 0 Å². The maximum atomic E-state index is 8.49. The van der Waals surface area contributed by atoms with Crippen molar-refractivity contribution in [3.8, 4) is 12.1 Å². The lowest BCUT2D eigenvalue weighted by Crippen LogP contribution is -1.86. The van der Waals surface area contributed by atoms with Crippen molar-refractivity contribution in [2.24, 2.45) is 0 Å². The lowest BCUT2D eigenvalue weighted by molar-refractivity contribution is 1.47. The van der Waals surface area contributed by atoms with E-state index < -0.39 is 0 Å². The predicted octanol–water partition coefficient (Wildman–Crippen LogP) is 1.63. The van der Waals surface area contributed by atoms with Gasteiger partial charge in [0, 0.05) is 0 Å². The Morgan fingerprint density at radius 2 is 1.90 bits per heavy atom. The molecule has 0 saturated carbocycles. The predicted molar refractivity (Wildman–Crippen MR) is 47.5 cm³/mol. The number of nitrogens with zero attached hydrogens (tertiary/aromatic N) is 2. The van der Waals surface area contributed by atoms with Crippen molar-refractivity contribution in [1.82, 2.24) is 0 Å². The highest BCUT2D eigenvalue weighted by Gasteiger charge is 2.00. The molecule has 0 aromatic carbocycles. The monoisotopic (exact) mass is 242 g/mol. The third-order valence-corrected chi connectivity index (χ3v) is 2.76. The van der Waals surface area contributed by atoms with E-state index >= 15 is 0 Å². The molecule has 0 aromatic rings. The molecule has 1 heterocycles. The van der Waals surface area contributed by atoms with E-state index in [1.54, 1.807) is 6.08 Å². The van der Waals surface area contributed by atoms with E-state index in [-0.39, 0.29) is 20.7 Å². The van der Waals surface area contributed by atoms with E-state index in [4.69, 9.17) is 10.5 Å². The highest BCUT2D eigenvalue weighted by molar-refractivity contribution is 14.2. The van der Waals surface area contributed by atoms with Gasteiger partial charge in [-0.05, 0) is 14.2 Å². The van der Waals surface area contributed by atoms with Gasteiger partial charge in [-0.2, -0.15) is 10.5 Å². The van der Waals surface area contributed by atoms with Gasteiger partial charge in [0.15, 0.2) is 0 Å². The van der Waals surface area contributed by atoms with Gasteiger partial charge in [-0.25, -0.2) is 0 Å². The third-order valence-electron chi connectivity index (χ3n) is 1.01. The summed E-state index contributed by atoms with van der Waals surface area (Å²) < 4.78 is 3.83. The molecule has 0 N–H and O–H groups in total. The number of rotatable bonds is 0. The van der Waals surface area contributed by atoms with Gasteiger partial charge in [-0.3, -0.25) is 0 Å². The summed E-state index contributed by atoms with van der Waals surface area (Å²) in [5.74, 6) is 0. The van der Waals surface area contributed by atoms with E-state index in [1.165, 1.54) is 0 Å². The molecule has 0 radical (unpaired) electrons. The Morgan fingerprint density at radius 3 is 2.40 bits per heavy atom. The van der Waals surface area contributed by atoms with Gasteiger partial charge in [0.25, 0.3) is 0 Å². The van der Waals surface area contributed by atoms with Crippen molar-refractivity contribution in [3.05, 3.63) is 21.3 Å². The lowest BCUT2D eigenvalue weighted by atomic mass is 10.2. The Bertz CT molecular complexity index is 277. The van der Waals surface area contributed by atoms with Crippen LogP contribution in [-0.2, 0) is 0 Å². The molecular formula is C7H3IN2. The van der Waals surface area contributed by atoms with Gasteiger partial charge in [-0.15, -0.1) is 0 Å². The summed E-state index contributed by atoms with van der Waals surface area (Å²) in [6.45, 7) is 0. The third kappa shape index (κ3) is 1.31. The number of allylic oxidation sites excluding steroid dienone is 3. The standard InChI is InChI=1S/C7H3IN2/c9-4-6-1-2-8-3-7(6)5-10/h1-3H. The molecule has 1 aliphatic heterocycles. The molecule has 48 valence electrons. The minimum Gasteiger partial charge on any atom is -0.192 e. The van der Waals surface area contributed by atoms with Crippen molar-refractivity contribution in [2.45, 2.75) is 0 Å². The molecule has 0 spiro atoms. The minimum absolute atomic E-state index is 0.102. The molecule has 1 aliphatic rings. The fourth-order valence-electron chi connectivity index (χ4n) is 0.529. The van der Waals surface area contributed by atoms with Gasteiger partial charge in [0.2, 0.25) is 0 Å². The van der Waals surface area contributed by atoms with Crippen LogP contribution in [0.25, 0.3) is 0 Å². The van der Waals surface area contributed by atoms with E-state index in [1.807, 2.05) is 20.2 Å². The number of nitriles is 2. The maximum absolute atomic E-state index is 8.49. The Labute approximate surface area is 68.8 Å². The molecule has 0 amide bonds. The molecule has 0 aliphatic carbocycles.